The molecular formula is C12H14ClNO5. The minimum absolute atomic E-state index is 0.0340. The molecule has 0 heterocycles. The van der Waals surface area contributed by atoms with E-state index in [0.717, 1.165) is 12.1 Å². The number of carbonyl (C=O) groups excluding carboxylic acids is 1. The summed E-state index contributed by atoms with van der Waals surface area (Å²) in [6, 6.07) is 2.13. The molecule has 0 aliphatic carbocycles. The van der Waals surface area contributed by atoms with Crippen LogP contribution in [-0.4, -0.2) is 27.9 Å². The van der Waals surface area contributed by atoms with Crippen molar-refractivity contribution in [2.24, 2.45) is 0 Å². The number of amides is 1. The van der Waals surface area contributed by atoms with Gasteiger partial charge >= 0.3 is 12.1 Å². The molecule has 0 atom stereocenters. The molecule has 0 aromatic heterocycles. The fourth-order valence-electron chi connectivity index (χ4n) is 1.27. The summed E-state index contributed by atoms with van der Waals surface area (Å²) in [5.41, 5.74) is -1.05. The van der Waals surface area contributed by atoms with E-state index >= 15 is 0 Å². The van der Waals surface area contributed by atoms with Gasteiger partial charge in [-0.25, -0.2) is 9.59 Å². The summed E-state index contributed by atoms with van der Waals surface area (Å²) in [4.78, 5) is 22.5. The summed E-state index contributed by atoms with van der Waals surface area (Å²) >= 11 is 5.83. The number of hydrogen-bond acceptors (Lipinski definition) is 4. The third-order valence-corrected chi connectivity index (χ3v) is 2.33. The molecule has 0 radical (unpaired) electrons. The molecule has 0 aliphatic heterocycles. The zero-order valence-electron chi connectivity index (χ0n) is 10.7. The van der Waals surface area contributed by atoms with E-state index in [1.807, 2.05) is 0 Å². The van der Waals surface area contributed by atoms with Crippen LogP contribution >= 0.6 is 11.6 Å². The Hall–Kier alpha value is -1.95. The number of phenolic OH excluding ortho intramolecular Hbond substituents is 1. The average molecular weight is 288 g/mol. The maximum atomic E-state index is 11.6. The van der Waals surface area contributed by atoms with Crippen molar-refractivity contribution < 1.29 is 24.5 Å². The first kappa shape index (κ1) is 15.1. The number of benzene rings is 1. The second-order valence-electron chi connectivity index (χ2n) is 4.79. The number of rotatable bonds is 2. The van der Waals surface area contributed by atoms with Gasteiger partial charge in [0, 0.05) is 6.07 Å². The number of carbonyl (C=O) groups is 2. The van der Waals surface area contributed by atoms with Gasteiger partial charge in [-0.15, -0.1) is 0 Å². The van der Waals surface area contributed by atoms with Crippen molar-refractivity contribution in [2.45, 2.75) is 26.4 Å². The number of carboxylic acids is 1. The fourth-order valence-corrected chi connectivity index (χ4v) is 1.51. The molecule has 1 aromatic carbocycles. The third kappa shape index (κ3) is 4.33. The van der Waals surface area contributed by atoms with Crippen molar-refractivity contribution >= 4 is 29.4 Å². The van der Waals surface area contributed by atoms with Crippen molar-refractivity contribution in [1.29, 1.82) is 0 Å². The van der Waals surface area contributed by atoms with E-state index in [9.17, 15) is 14.7 Å². The maximum absolute atomic E-state index is 11.6. The van der Waals surface area contributed by atoms with Crippen LogP contribution in [-0.2, 0) is 4.74 Å². The number of nitrogens with one attached hydrogen (secondary N) is 1. The summed E-state index contributed by atoms with van der Waals surface area (Å²) < 4.78 is 5.00. The largest absolute Gasteiger partial charge is 0.508 e. The molecule has 104 valence electrons. The van der Waals surface area contributed by atoms with Crippen LogP contribution < -0.4 is 5.32 Å². The van der Waals surface area contributed by atoms with Crippen LogP contribution in [0.15, 0.2) is 12.1 Å². The van der Waals surface area contributed by atoms with E-state index in [1.54, 1.807) is 20.8 Å². The fraction of sp³-hybridized carbons (Fsp3) is 0.333. The molecule has 7 heteroatoms. The predicted octanol–water partition coefficient (Wildman–Crippen LogP) is 3.09. The van der Waals surface area contributed by atoms with Crippen LogP contribution in [0.1, 0.15) is 31.1 Å². The highest BCUT2D eigenvalue weighted by atomic mass is 35.5. The standard InChI is InChI=1S/C12H14ClNO5/c1-12(2,3)19-11(18)14-8-5-6(15)4-7(9(8)13)10(16)17/h4-5,15H,1-3H3,(H,14,18)(H,16,17). The summed E-state index contributed by atoms with van der Waals surface area (Å²) in [6.45, 7) is 5.04. The Morgan fingerprint density at radius 1 is 1.32 bits per heavy atom. The van der Waals surface area contributed by atoms with Crippen LogP contribution in [0.2, 0.25) is 5.02 Å². The summed E-state index contributed by atoms with van der Waals surface area (Å²) in [7, 11) is 0. The van der Waals surface area contributed by atoms with Gasteiger partial charge in [0.25, 0.3) is 0 Å². The molecule has 1 aromatic rings. The summed E-state index contributed by atoms with van der Waals surface area (Å²) in [5.74, 6) is -1.64. The van der Waals surface area contributed by atoms with E-state index in [4.69, 9.17) is 21.4 Å². The van der Waals surface area contributed by atoms with Gasteiger partial charge in [-0.1, -0.05) is 11.6 Å². The van der Waals surface area contributed by atoms with Crippen LogP contribution in [0.25, 0.3) is 0 Å². The second kappa shape index (κ2) is 5.36. The lowest BCUT2D eigenvalue weighted by Crippen LogP contribution is -2.27. The van der Waals surface area contributed by atoms with Gasteiger partial charge in [0.1, 0.15) is 11.4 Å². The predicted molar refractivity (Wildman–Crippen MR) is 69.9 cm³/mol. The molecule has 1 rings (SSSR count). The van der Waals surface area contributed by atoms with E-state index in [0.29, 0.717) is 0 Å². The normalized spacial score (nSPS) is 10.9. The number of hydrogen-bond donors (Lipinski definition) is 3. The van der Waals surface area contributed by atoms with Gasteiger partial charge in [0.15, 0.2) is 0 Å². The van der Waals surface area contributed by atoms with Crippen molar-refractivity contribution in [3.05, 3.63) is 22.7 Å². The lowest BCUT2D eigenvalue weighted by atomic mass is 10.2. The van der Waals surface area contributed by atoms with Crippen LogP contribution in [0.3, 0.4) is 0 Å². The summed E-state index contributed by atoms with van der Waals surface area (Å²) in [5, 5.41) is 20.4. The molecule has 0 fully saturated rings. The van der Waals surface area contributed by atoms with E-state index < -0.39 is 17.7 Å². The Bertz CT molecular complexity index is 522. The highest BCUT2D eigenvalue weighted by molar-refractivity contribution is 6.36. The van der Waals surface area contributed by atoms with Crippen LogP contribution in [0.4, 0.5) is 10.5 Å². The smallest absolute Gasteiger partial charge is 0.412 e. The number of carboxylic acid groups (broad SMARTS) is 1. The SMILES string of the molecule is CC(C)(C)OC(=O)Nc1cc(O)cc(C(=O)O)c1Cl. The van der Waals surface area contributed by atoms with Crippen molar-refractivity contribution in [2.75, 3.05) is 5.32 Å². The van der Waals surface area contributed by atoms with E-state index in [-0.39, 0.29) is 22.0 Å². The number of halogens is 1. The Morgan fingerprint density at radius 2 is 1.89 bits per heavy atom. The first-order valence-corrected chi connectivity index (χ1v) is 5.74. The number of phenols is 1. The van der Waals surface area contributed by atoms with Gasteiger partial charge in [-0.2, -0.15) is 0 Å². The summed E-state index contributed by atoms with van der Waals surface area (Å²) in [6.07, 6.45) is -0.795. The van der Waals surface area contributed by atoms with Crippen molar-refractivity contribution in [3.8, 4) is 5.75 Å². The minimum atomic E-state index is -1.31. The highest BCUT2D eigenvalue weighted by Crippen LogP contribution is 2.31. The Kier molecular flexibility index (Phi) is 4.26. The molecule has 6 nitrogen and oxygen atoms in total. The Balaban J connectivity index is 3.02. The average Bonchev–Trinajstić information content (AvgIpc) is 2.19. The van der Waals surface area contributed by atoms with Gasteiger partial charge in [-0.3, -0.25) is 5.32 Å². The number of anilines is 1. The Labute approximate surface area is 114 Å². The molecular weight excluding hydrogens is 274 g/mol. The maximum Gasteiger partial charge on any atom is 0.412 e. The molecule has 0 bridgehead atoms. The molecule has 3 N–H and O–H groups in total. The van der Waals surface area contributed by atoms with Gasteiger partial charge in [0.2, 0.25) is 0 Å². The lowest BCUT2D eigenvalue weighted by molar-refractivity contribution is 0.0632. The topological polar surface area (TPSA) is 95.9 Å². The van der Waals surface area contributed by atoms with Crippen LogP contribution in [0.5, 0.6) is 5.75 Å². The molecule has 0 spiro atoms. The first-order chi connectivity index (χ1) is 8.60. The minimum Gasteiger partial charge on any atom is -0.508 e. The van der Waals surface area contributed by atoms with Crippen LogP contribution in [0, 0.1) is 0 Å². The quantitative estimate of drug-likeness (QED) is 0.777. The zero-order chi connectivity index (χ0) is 14.8. The first-order valence-electron chi connectivity index (χ1n) is 5.36. The molecule has 19 heavy (non-hydrogen) atoms. The molecule has 0 saturated carbocycles. The molecule has 0 unspecified atom stereocenters. The Morgan fingerprint density at radius 3 is 2.37 bits per heavy atom. The van der Waals surface area contributed by atoms with Crippen molar-refractivity contribution in [1.82, 2.24) is 0 Å². The van der Waals surface area contributed by atoms with Gasteiger partial charge < -0.3 is 14.9 Å². The monoisotopic (exact) mass is 287 g/mol. The third-order valence-electron chi connectivity index (χ3n) is 1.92. The van der Waals surface area contributed by atoms with E-state index in [1.165, 1.54) is 0 Å². The molecule has 1 amide bonds. The number of aromatic carboxylic acids is 1. The number of ether oxygens (including phenoxy) is 1. The highest BCUT2D eigenvalue weighted by Gasteiger charge is 2.20. The molecule has 0 aliphatic rings. The van der Waals surface area contributed by atoms with Gasteiger partial charge in [-0.05, 0) is 26.8 Å². The lowest BCUT2D eigenvalue weighted by Gasteiger charge is -2.20. The van der Waals surface area contributed by atoms with Crippen molar-refractivity contribution in [3.63, 3.8) is 0 Å². The second-order valence-corrected chi connectivity index (χ2v) is 5.16. The van der Waals surface area contributed by atoms with E-state index in [2.05, 4.69) is 5.32 Å². The number of aromatic hydroxyl groups is 1. The zero-order valence-corrected chi connectivity index (χ0v) is 11.4. The van der Waals surface area contributed by atoms with Gasteiger partial charge in [0.05, 0.1) is 16.3 Å². The molecule has 0 saturated heterocycles.